The molecule has 0 amide bonds. The molecule has 0 spiro atoms. The van der Waals surface area contributed by atoms with Crippen molar-refractivity contribution in [2.45, 2.75) is 39.5 Å². The summed E-state index contributed by atoms with van der Waals surface area (Å²) in [6.45, 7) is 3.96. The van der Waals surface area contributed by atoms with Crippen molar-refractivity contribution in [2.75, 3.05) is 0 Å². The van der Waals surface area contributed by atoms with Crippen molar-refractivity contribution < 1.29 is 9.90 Å². The fourth-order valence-corrected chi connectivity index (χ4v) is 0.863. The first kappa shape index (κ1) is 10.2. The van der Waals surface area contributed by atoms with E-state index in [0.717, 1.165) is 19.3 Å². The van der Waals surface area contributed by atoms with Crippen LogP contribution in [-0.2, 0) is 4.79 Å². The third-order valence-corrected chi connectivity index (χ3v) is 1.60. The van der Waals surface area contributed by atoms with E-state index in [9.17, 15) is 4.79 Å². The summed E-state index contributed by atoms with van der Waals surface area (Å²) in [4.78, 5) is 10.5. The van der Waals surface area contributed by atoms with Gasteiger partial charge in [0.2, 0.25) is 0 Å². The zero-order valence-corrected chi connectivity index (χ0v) is 7.26. The standard InChI is InChI=1S/C9H16O2/c1-3-5-6-7-8(4-2)9(10)11/h7H,3-6H2,1-2H3,(H,10,11)/b8-7-. The number of hydrogen-bond donors (Lipinski definition) is 1. The van der Waals surface area contributed by atoms with E-state index >= 15 is 0 Å². The van der Waals surface area contributed by atoms with Crippen molar-refractivity contribution in [1.29, 1.82) is 0 Å². The van der Waals surface area contributed by atoms with Crippen molar-refractivity contribution in [3.05, 3.63) is 11.6 Å². The second kappa shape index (κ2) is 5.96. The molecule has 0 aromatic rings. The number of rotatable bonds is 5. The molecule has 0 aliphatic rings. The maximum absolute atomic E-state index is 10.5. The van der Waals surface area contributed by atoms with Crippen molar-refractivity contribution >= 4 is 5.97 Å². The number of carbonyl (C=O) groups is 1. The van der Waals surface area contributed by atoms with Gasteiger partial charge in [-0.05, 0) is 12.8 Å². The average Bonchev–Trinajstić information content (AvgIpc) is 1.97. The molecular formula is C9H16O2. The monoisotopic (exact) mass is 156 g/mol. The minimum Gasteiger partial charge on any atom is -0.478 e. The number of unbranched alkanes of at least 4 members (excludes halogenated alkanes) is 2. The van der Waals surface area contributed by atoms with Crippen molar-refractivity contribution in [3.63, 3.8) is 0 Å². The summed E-state index contributed by atoms with van der Waals surface area (Å²) in [5, 5.41) is 8.60. The lowest BCUT2D eigenvalue weighted by Gasteiger charge is -1.96. The molecule has 11 heavy (non-hydrogen) atoms. The molecule has 0 unspecified atom stereocenters. The van der Waals surface area contributed by atoms with Gasteiger partial charge in [0.05, 0.1) is 0 Å². The molecule has 2 heteroatoms. The van der Waals surface area contributed by atoms with E-state index in [0.29, 0.717) is 12.0 Å². The first-order valence-electron chi connectivity index (χ1n) is 4.14. The lowest BCUT2D eigenvalue weighted by atomic mass is 10.1. The highest BCUT2D eigenvalue weighted by Gasteiger charge is 2.01. The summed E-state index contributed by atoms with van der Waals surface area (Å²) >= 11 is 0. The second-order valence-electron chi connectivity index (χ2n) is 2.53. The van der Waals surface area contributed by atoms with Gasteiger partial charge in [-0.1, -0.05) is 32.8 Å². The largest absolute Gasteiger partial charge is 0.478 e. The Balaban J connectivity index is 3.81. The first-order chi connectivity index (χ1) is 5.22. The minimum absolute atomic E-state index is 0.540. The summed E-state index contributed by atoms with van der Waals surface area (Å²) in [6.07, 6.45) is 5.54. The van der Waals surface area contributed by atoms with Gasteiger partial charge in [0, 0.05) is 5.57 Å². The molecular weight excluding hydrogens is 140 g/mol. The highest BCUT2D eigenvalue weighted by Crippen LogP contribution is 2.04. The zero-order valence-electron chi connectivity index (χ0n) is 7.26. The van der Waals surface area contributed by atoms with Crippen LogP contribution in [0.4, 0.5) is 0 Å². The molecule has 2 nitrogen and oxygen atoms in total. The molecule has 0 bridgehead atoms. The van der Waals surface area contributed by atoms with Gasteiger partial charge in [0.1, 0.15) is 0 Å². The number of carboxylic acids is 1. The van der Waals surface area contributed by atoms with Crippen molar-refractivity contribution in [3.8, 4) is 0 Å². The quantitative estimate of drug-likeness (QED) is 0.490. The third-order valence-electron chi connectivity index (χ3n) is 1.60. The predicted octanol–water partition coefficient (Wildman–Crippen LogP) is 2.60. The Labute approximate surface area is 67.9 Å². The van der Waals surface area contributed by atoms with Crippen LogP contribution in [0.25, 0.3) is 0 Å². The summed E-state index contributed by atoms with van der Waals surface area (Å²) in [6, 6.07) is 0. The van der Waals surface area contributed by atoms with Gasteiger partial charge in [-0.3, -0.25) is 0 Å². The number of aliphatic carboxylic acids is 1. The van der Waals surface area contributed by atoms with Crippen LogP contribution in [0.1, 0.15) is 39.5 Å². The van der Waals surface area contributed by atoms with Crippen LogP contribution in [0.15, 0.2) is 11.6 Å². The molecule has 0 radical (unpaired) electrons. The number of carboxylic acid groups (broad SMARTS) is 1. The lowest BCUT2D eigenvalue weighted by Crippen LogP contribution is -1.98. The summed E-state index contributed by atoms with van der Waals surface area (Å²) < 4.78 is 0. The number of allylic oxidation sites excluding steroid dienone is 1. The van der Waals surface area contributed by atoms with Crippen LogP contribution < -0.4 is 0 Å². The van der Waals surface area contributed by atoms with E-state index in [-0.39, 0.29) is 0 Å². The molecule has 0 aliphatic carbocycles. The van der Waals surface area contributed by atoms with Crippen molar-refractivity contribution in [2.24, 2.45) is 0 Å². The fraction of sp³-hybridized carbons (Fsp3) is 0.667. The van der Waals surface area contributed by atoms with Gasteiger partial charge in [0.25, 0.3) is 0 Å². The molecule has 0 aromatic carbocycles. The Hall–Kier alpha value is -0.790. The van der Waals surface area contributed by atoms with E-state index in [1.54, 1.807) is 0 Å². The smallest absolute Gasteiger partial charge is 0.331 e. The molecule has 0 aromatic heterocycles. The van der Waals surface area contributed by atoms with E-state index in [4.69, 9.17) is 5.11 Å². The Morgan fingerprint density at radius 2 is 2.09 bits per heavy atom. The zero-order chi connectivity index (χ0) is 8.69. The first-order valence-corrected chi connectivity index (χ1v) is 4.14. The van der Waals surface area contributed by atoms with Gasteiger partial charge in [0.15, 0.2) is 0 Å². The predicted molar refractivity (Wildman–Crippen MR) is 45.5 cm³/mol. The maximum atomic E-state index is 10.5. The Kier molecular flexibility index (Phi) is 5.53. The lowest BCUT2D eigenvalue weighted by molar-refractivity contribution is -0.132. The minimum atomic E-state index is -0.774. The van der Waals surface area contributed by atoms with Crippen molar-refractivity contribution in [1.82, 2.24) is 0 Å². The second-order valence-corrected chi connectivity index (χ2v) is 2.53. The molecule has 64 valence electrons. The van der Waals surface area contributed by atoms with Gasteiger partial charge >= 0.3 is 5.97 Å². The summed E-state index contributed by atoms with van der Waals surface area (Å²) in [7, 11) is 0. The van der Waals surface area contributed by atoms with Crippen LogP contribution in [0.3, 0.4) is 0 Å². The van der Waals surface area contributed by atoms with Crippen LogP contribution >= 0.6 is 0 Å². The van der Waals surface area contributed by atoms with E-state index in [2.05, 4.69) is 6.92 Å². The fourth-order valence-electron chi connectivity index (χ4n) is 0.863. The van der Waals surface area contributed by atoms with Crippen LogP contribution in [0.2, 0.25) is 0 Å². The Morgan fingerprint density at radius 3 is 2.45 bits per heavy atom. The van der Waals surface area contributed by atoms with Gasteiger partial charge in [-0.25, -0.2) is 4.79 Å². The molecule has 0 rings (SSSR count). The highest BCUT2D eigenvalue weighted by molar-refractivity contribution is 5.86. The normalized spacial score (nSPS) is 11.6. The number of hydrogen-bond acceptors (Lipinski definition) is 1. The third kappa shape index (κ3) is 4.59. The summed E-state index contributed by atoms with van der Waals surface area (Å²) in [5.74, 6) is -0.774. The molecule has 0 fully saturated rings. The molecule has 0 saturated heterocycles. The molecule has 1 N–H and O–H groups in total. The Bertz CT molecular complexity index is 148. The maximum Gasteiger partial charge on any atom is 0.331 e. The van der Waals surface area contributed by atoms with Gasteiger partial charge in [-0.2, -0.15) is 0 Å². The Morgan fingerprint density at radius 1 is 1.45 bits per heavy atom. The van der Waals surface area contributed by atoms with Crippen LogP contribution in [-0.4, -0.2) is 11.1 Å². The topological polar surface area (TPSA) is 37.3 Å². The van der Waals surface area contributed by atoms with E-state index in [1.165, 1.54) is 0 Å². The molecule has 0 aliphatic heterocycles. The molecule has 0 saturated carbocycles. The highest BCUT2D eigenvalue weighted by atomic mass is 16.4. The molecule has 0 atom stereocenters. The van der Waals surface area contributed by atoms with Crippen LogP contribution in [0.5, 0.6) is 0 Å². The van der Waals surface area contributed by atoms with E-state index in [1.807, 2.05) is 13.0 Å². The average molecular weight is 156 g/mol. The summed E-state index contributed by atoms with van der Waals surface area (Å²) in [5.41, 5.74) is 0.540. The van der Waals surface area contributed by atoms with E-state index < -0.39 is 5.97 Å². The van der Waals surface area contributed by atoms with Gasteiger partial charge < -0.3 is 5.11 Å². The molecule has 0 heterocycles. The van der Waals surface area contributed by atoms with Crippen LogP contribution in [0, 0.1) is 0 Å². The SMILES string of the molecule is CCCC/C=C(/CC)C(=O)O. The van der Waals surface area contributed by atoms with Gasteiger partial charge in [-0.15, -0.1) is 0 Å².